The molecule has 3 aromatic rings. The van der Waals surface area contributed by atoms with Crippen LogP contribution in [0.5, 0.6) is 5.75 Å². The van der Waals surface area contributed by atoms with E-state index in [2.05, 4.69) is 21.7 Å². The van der Waals surface area contributed by atoms with Gasteiger partial charge in [0.15, 0.2) is 0 Å². The predicted molar refractivity (Wildman–Crippen MR) is 135 cm³/mol. The zero-order chi connectivity index (χ0) is 23.2. The lowest BCUT2D eigenvalue weighted by atomic mass is 9.81. The molecule has 8 heteroatoms. The van der Waals surface area contributed by atoms with Crippen molar-refractivity contribution in [3.8, 4) is 17.6 Å². The van der Waals surface area contributed by atoms with Gasteiger partial charge in [-0.3, -0.25) is 14.7 Å². The van der Waals surface area contributed by atoms with Gasteiger partial charge in [-0.2, -0.15) is 0 Å². The van der Waals surface area contributed by atoms with Crippen molar-refractivity contribution in [2.45, 2.75) is 25.4 Å². The number of benzene rings is 1. The molecule has 1 saturated heterocycles. The zero-order valence-electron chi connectivity index (χ0n) is 18.9. The molecule has 3 heterocycles. The van der Waals surface area contributed by atoms with Crippen molar-refractivity contribution >= 4 is 40.6 Å². The number of likely N-dealkylation sites (tertiary alicyclic amines) is 1. The third-order valence-corrected chi connectivity index (χ3v) is 7.09. The van der Waals surface area contributed by atoms with E-state index in [9.17, 15) is 9.90 Å². The first-order valence-electron chi connectivity index (χ1n) is 11.1. The topological polar surface area (TPSA) is 62.7 Å². The number of thiophene rings is 1. The molecule has 0 bridgehead atoms. The van der Waals surface area contributed by atoms with Gasteiger partial charge in [-0.25, -0.2) is 4.39 Å². The van der Waals surface area contributed by atoms with Gasteiger partial charge in [0.25, 0.3) is 0 Å². The molecule has 34 heavy (non-hydrogen) atoms. The highest BCUT2D eigenvalue weighted by molar-refractivity contribution is 7.10. The Kier molecular flexibility index (Phi) is 9.28. The van der Waals surface area contributed by atoms with Crippen LogP contribution in [0.2, 0.25) is 0 Å². The van der Waals surface area contributed by atoms with Crippen molar-refractivity contribution in [1.29, 1.82) is 0 Å². The molecule has 180 valence electrons. The van der Waals surface area contributed by atoms with E-state index in [-0.39, 0.29) is 24.7 Å². The van der Waals surface area contributed by atoms with E-state index in [1.54, 1.807) is 36.8 Å². The van der Waals surface area contributed by atoms with Crippen LogP contribution in [-0.2, 0) is 4.79 Å². The van der Waals surface area contributed by atoms with Crippen molar-refractivity contribution < 1.29 is 19.0 Å². The summed E-state index contributed by atoms with van der Waals surface area (Å²) in [6.45, 7) is 1.77. The molecular weight excluding hydrogens is 475 g/mol. The van der Waals surface area contributed by atoms with E-state index in [4.69, 9.17) is 4.74 Å². The largest absolute Gasteiger partial charge is 0.497 e. The second-order valence-corrected chi connectivity index (χ2v) is 9.28. The summed E-state index contributed by atoms with van der Waals surface area (Å²) in [7, 11) is 1.58. The Morgan fingerprint density at radius 3 is 2.97 bits per heavy atom. The van der Waals surface area contributed by atoms with Crippen LogP contribution in [0.4, 0.5) is 4.39 Å². The number of carboxylic acids is 1. The summed E-state index contributed by atoms with van der Waals surface area (Å²) in [6.07, 6.45) is 1.97. The van der Waals surface area contributed by atoms with Crippen LogP contribution in [-0.4, -0.2) is 47.7 Å². The first-order chi connectivity index (χ1) is 16.0. The molecular formula is C26H28ClFN2O3S. The minimum Gasteiger partial charge on any atom is -0.497 e. The summed E-state index contributed by atoms with van der Waals surface area (Å²) in [5.41, 5.74) is 1.29. The van der Waals surface area contributed by atoms with E-state index < -0.39 is 18.1 Å². The molecule has 0 radical (unpaired) electrons. The highest BCUT2D eigenvalue weighted by atomic mass is 35.5. The number of rotatable bonds is 7. The van der Waals surface area contributed by atoms with Crippen LogP contribution >= 0.6 is 23.7 Å². The van der Waals surface area contributed by atoms with Crippen LogP contribution < -0.4 is 4.74 Å². The Bertz CT molecular complexity index is 1160. The lowest BCUT2D eigenvalue weighted by molar-refractivity contribution is -0.146. The SMILES string of the molecule is COc1ccc2nccc(C(F)CC[C@@H]3CCN(CC#Cc4cccs4)C[C@@H]3C(=O)O)c2c1.Cl. The van der Waals surface area contributed by atoms with E-state index >= 15 is 4.39 Å². The fourth-order valence-electron chi connectivity index (χ4n) is 4.49. The minimum absolute atomic E-state index is 0. The molecule has 1 N–H and O–H groups in total. The van der Waals surface area contributed by atoms with Crippen molar-refractivity contribution in [3.63, 3.8) is 0 Å². The summed E-state index contributed by atoms with van der Waals surface area (Å²) >= 11 is 1.59. The van der Waals surface area contributed by atoms with Crippen LogP contribution in [0.3, 0.4) is 0 Å². The number of pyridine rings is 1. The van der Waals surface area contributed by atoms with Crippen molar-refractivity contribution in [1.82, 2.24) is 9.88 Å². The Morgan fingerprint density at radius 2 is 2.24 bits per heavy atom. The molecule has 0 spiro atoms. The number of aliphatic carboxylic acids is 1. The number of aromatic nitrogens is 1. The fourth-order valence-corrected chi connectivity index (χ4v) is 5.08. The van der Waals surface area contributed by atoms with E-state index in [1.165, 1.54) is 0 Å². The highest BCUT2D eigenvalue weighted by Crippen LogP contribution is 2.35. The molecule has 3 atom stereocenters. The van der Waals surface area contributed by atoms with Crippen molar-refractivity contribution in [2.24, 2.45) is 11.8 Å². The maximum atomic E-state index is 15.3. The number of alkyl halides is 1. The molecule has 1 fully saturated rings. The number of halogens is 2. The molecule has 1 aliphatic heterocycles. The first-order valence-corrected chi connectivity index (χ1v) is 12.0. The Hall–Kier alpha value is -2.66. The number of piperidine rings is 1. The normalized spacial score (nSPS) is 19.0. The molecule has 5 nitrogen and oxygen atoms in total. The number of methoxy groups -OCH3 is 1. The highest BCUT2D eigenvalue weighted by Gasteiger charge is 2.34. The van der Waals surface area contributed by atoms with Gasteiger partial charge in [-0.15, -0.1) is 23.7 Å². The summed E-state index contributed by atoms with van der Waals surface area (Å²) < 4.78 is 20.6. The van der Waals surface area contributed by atoms with Gasteiger partial charge in [0.05, 0.1) is 30.0 Å². The maximum absolute atomic E-state index is 15.3. The van der Waals surface area contributed by atoms with Crippen molar-refractivity contribution in [2.75, 3.05) is 26.7 Å². The first kappa shape index (κ1) is 26.0. The standard InChI is InChI=1S/C26H27FN2O3S.ClH/c1-32-19-7-9-25-22(16-19)21(10-12-28-25)24(27)8-6-18-11-14-29(17-23(18)26(30)31)13-2-4-20-5-3-15-33-20;/h3,5,7,9-10,12,15-16,18,23-24H,6,8,11,13-14,17H2,1H3,(H,30,31);1H/t18-,23+,24?;/m1./s1. The summed E-state index contributed by atoms with van der Waals surface area (Å²) in [5, 5.41) is 12.5. The maximum Gasteiger partial charge on any atom is 0.308 e. The quantitative estimate of drug-likeness (QED) is 0.426. The molecule has 0 amide bonds. The monoisotopic (exact) mass is 502 g/mol. The lowest BCUT2D eigenvalue weighted by Gasteiger charge is -2.35. The van der Waals surface area contributed by atoms with Gasteiger partial charge in [-0.05, 0) is 73.0 Å². The summed E-state index contributed by atoms with van der Waals surface area (Å²) in [4.78, 5) is 19.4. The number of hydrogen-bond donors (Lipinski definition) is 1. The number of carboxylic acid groups (broad SMARTS) is 1. The number of fused-ring (bicyclic) bond motifs is 1. The van der Waals surface area contributed by atoms with E-state index in [0.29, 0.717) is 30.8 Å². The number of ether oxygens (including phenoxy) is 1. The fraction of sp³-hybridized carbons (Fsp3) is 0.385. The Morgan fingerprint density at radius 1 is 1.38 bits per heavy atom. The van der Waals surface area contributed by atoms with Gasteiger partial charge >= 0.3 is 5.97 Å². The summed E-state index contributed by atoms with van der Waals surface area (Å²) in [6, 6.07) is 11.1. The number of carbonyl (C=O) groups is 1. The van der Waals surface area contributed by atoms with E-state index in [0.717, 1.165) is 28.7 Å². The molecule has 1 unspecified atom stereocenters. The van der Waals surface area contributed by atoms with Gasteiger partial charge < -0.3 is 9.84 Å². The smallest absolute Gasteiger partial charge is 0.308 e. The second kappa shape index (κ2) is 12.2. The predicted octanol–water partition coefficient (Wildman–Crippen LogP) is 5.59. The molecule has 1 aromatic carbocycles. The Balaban J connectivity index is 0.00000324. The Labute approximate surface area is 209 Å². The van der Waals surface area contributed by atoms with Crippen LogP contribution in [0.1, 0.15) is 35.9 Å². The van der Waals surface area contributed by atoms with Gasteiger partial charge in [0.1, 0.15) is 11.9 Å². The third-order valence-electron chi connectivity index (χ3n) is 6.30. The van der Waals surface area contributed by atoms with Gasteiger partial charge in [0.2, 0.25) is 0 Å². The number of nitrogens with zero attached hydrogens (tertiary/aromatic N) is 2. The average Bonchev–Trinajstić information content (AvgIpc) is 3.35. The molecule has 0 aliphatic carbocycles. The molecule has 1 aliphatic rings. The third kappa shape index (κ3) is 6.26. The van der Waals surface area contributed by atoms with E-state index in [1.807, 2.05) is 29.6 Å². The lowest BCUT2D eigenvalue weighted by Crippen LogP contribution is -2.44. The number of hydrogen-bond acceptors (Lipinski definition) is 5. The van der Waals surface area contributed by atoms with Crippen LogP contribution in [0, 0.1) is 23.7 Å². The zero-order valence-corrected chi connectivity index (χ0v) is 20.6. The van der Waals surface area contributed by atoms with Gasteiger partial charge in [-0.1, -0.05) is 17.9 Å². The molecule has 0 saturated carbocycles. The summed E-state index contributed by atoms with van der Waals surface area (Å²) in [5.74, 6) is 5.55. The van der Waals surface area contributed by atoms with Gasteiger partial charge in [0, 0.05) is 18.1 Å². The van der Waals surface area contributed by atoms with Crippen LogP contribution in [0.25, 0.3) is 10.9 Å². The van der Waals surface area contributed by atoms with Crippen molar-refractivity contribution in [3.05, 3.63) is 58.4 Å². The molecule has 2 aromatic heterocycles. The van der Waals surface area contributed by atoms with Crippen LogP contribution in [0.15, 0.2) is 48.0 Å². The minimum atomic E-state index is -1.19. The molecule has 4 rings (SSSR count). The average molecular weight is 503 g/mol. The second-order valence-electron chi connectivity index (χ2n) is 8.34.